The number of carbonyl (C=O) groups is 3. The molecule has 0 aliphatic heterocycles. The fraction of sp³-hybridized carbons (Fsp3) is 0.375. The van der Waals surface area contributed by atoms with Crippen molar-refractivity contribution in [2.45, 2.75) is 39.7 Å². The van der Waals surface area contributed by atoms with Crippen LogP contribution in [0.5, 0.6) is 11.5 Å². The van der Waals surface area contributed by atoms with E-state index in [0.29, 0.717) is 36.0 Å². The second-order valence-electron chi connectivity index (χ2n) is 6.99. The van der Waals surface area contributed by atoms with Gasteiger partial charge in [0.25, 0.3) is 11.8 Å². The highest BCUT2D eigenvalue weighted by Crippen LogP contribution is 2.16. The van der Waals surface area contributed by atoms with Crippen molar-refractivity contribution in [3.63, 3.8) is 0 Å². The molecule has 0 saturated carbocycles. The fourth-order valence-corrected chi connectivity index (χ4v) is 2.63. The highest BCUT2D eigenvalue weighted by Gasteiger charge is 2.18. The number of rotatable bonds is 12. The minimum atomic E-state index is -1.02. The first-order valence-electron chi connectivity index (χ1n) is 10.7. The van der Waals surface area contributed by atoms with Crippen LogP contribution in [0.15, 0.2) is 48.5 Å². The van der Waals surface area contributed by atoms with Gasteiger partial charge in [-0.25, -0.2) is 0 Å². The summed E-state index contributed by atoms with van der Waals surface area (Å²) in [4.78, 5) is 36.4. The molecule has 0 saturated heterocycles. The van der Waals surface area contributed by atoms with E-state index in [4.69, 9.17) is 14.2 Å². The lowest BCUT2D eigenvalue weighted by Crippen LogP contribution is -2.35. The maximum Gasteiger partial charge on any atom is 0.326 e. The minimum Gasteiger partial charge on any atom is -0.494 e. The molecule has 0 radical (unpaired) electrons. The van der Waals surface area contributed by atoms with E-state index in [1.54, 1.807) is 48.5 Å². The predicted octanol–water partition coefficient (Wildman–Crippen LogP) is 3.56. The zero-order valence-electron chi connectivity index (χ0n) is 18.7. The Labute approximate surface area is 188 Å². The van der Waals surface area contributed by atoms with Gasteiger partial charge in [-0.05, 0) is 68.8 Å². The van der Waals surface area contributed by atoms with E-state index in [1.807, 2.05) is 6.92 Å². The van der Waals surface area contributed by atoms with Gasteiger partial charge in [0.15, 0.2) is 6.10 Å². The zero-order valence-corrected chi connectivity index (χ0v) is 18.7. The van der Waals surface area contributed by atoms with E-state index >= 15 is 0 Å². The van der Waals surface area contributed by atoms with Crippen LogP contribution in [0, 0.1) is 0 Å². The first-order chi connectivity index (χ1) is 15.4. The Hall–Kier alpha value is -3.55. The van der Waals surface area contributed by atoms with E-state index in [9.17, 15) is 14.4 Å². The highest BCUT2D eigenvalue weighted by molar-refractivity contribution is 5.97. The Morgan fingerprint density at radius 3 is 2.16 bits per heavy atom. The summed E-state index contributed by atoms with van der Waals surface area (Å²) in [7, 11) is 0. The van der Waals surface area contributed by atoms with Gasteiger partial charge in [0.05, 0.1) is 13.2 Å². The van der Waals surface area contributed by atoms with E-state index in [-0.39, 0.29) is 6.54 Å². The van der Waals surface area contributed by atoms with Crippen molar-refractivity contribution in [1.29, 1.82) is 0 Å². The van der Waals surface area contributed by atoms with Crippen LogP contribution in [0.25, 0.3) is 0 Å². The van der Waals surface area contributed by atoms with E-state index in [2.05, 4.69) is 17.6 Å². The van der Waals surface area contributed by atoms with Gasteiger partial charge < -0.3 is 24.8 Å². The fourth-order valence-electron chi connectivity index (χ4n) is 2.63. The molecule has 0 aliphatic carbocycles. The summed E-state index contributed by atoms with van der Waals surface area (Å²) < 4.78 is 16.0. The van der Waals surface area contributed by atoms with Gasteiger partial charge in [-0.15, -0.1) is 0 Å². The molecule has 0 aliphatic rings. The molecule has 0 spiro atoms. The Morgan fingerprint density at radius 1 is 0.906 bits per heavy atom. The molecular formula is C24H30N2O6. The molecule has 2 aromatic rings. The van der Waals surface area contributed by atoms with Gasteiger partial charge in [-0.3, -0.25) is 14.4 Å². The second kappa shape index (κ2) is 13.0. The maximum atomic E-state index is 12.2. The smallest absolute Gasteiger partial charge is 0.326 e. The molecule has 8 nitrogen and oxygen atoms in total. The Kier molecular flexibility index (Phi) is 10.0. The normalized spacial score (nSPS) is 11.2. The molecule has 8 heteroatoms. The summed E-state index contributed by atoms with van der Waals surface area (Å²) in [5.74, 6) is -0.241. The molecule has 172 valence electrons. The van der Waals surface area contributed by atoms with Crippen molar-refractivity contribution < 1.29 is 28.6 Å². The lowest BCUT2D eigenvalue weighted by Gasteiger charge is -2.14. The van der Waals surface area contributed by atoms with E-state index in [1.165, 1.54) is 6.92 Å². The van der Waals surface area contributed by atoms with Gasteiger partial charge in [-0.2, -0.15) is 0 Å². The number of hydrogen-bond donors (Lipinski definition) is 2. The molecule has 0 fully saturated rings. The molecule has 2 N–H and O–H groups in total. The van der Waals surface area contributed by atoms with Gasteiger partial charge >= 0.3 is 5.97 Å². The summed E-state index contributed by atoms with van der Waals surface area (Å²) >= 11 is 0. The molecule has 0 bridgehead atoms. The highest BCUT2D eigenvalue weighted by atomic mass is 16.5. The number of benzene rings is 2. The van der Waals surface area contributed by atoms with Crippen LogP contribution >= 0.6 is 0 Å². The molecule has 0 aromatic heterocycles. The Balaban J connectivity index is 1.75. The number of amides is 2. The number of carbonyl (C=O) groups excluding carboxylic acids is 3. The number of esters is 1. The number of anilines is 1. The van der Waals surface area contributed by atoms with Crippen LogP contribution in [-0.2, 0) is 14.3 Å². The largest absolute Gasteiger partial charge is 0.494 e. The standard InChI is InChI=1S/C24H30N2O6/c1-4-6-15-31-21-11-7-18(8-12-21)24(29)25-16-22(27)32-17(3)23(28)26-19-9-13-20(14-10-19)30-5-2/h7-14,17H,4-6,15-16H2,1-3H3,(H,25,29)(H,26,28). The van der Waals surface area contributed by atoms with Gasteiger partial charge in [-0.1, -0.05) is 13.3 Å². The first kappa shape index (κ1) is 24.7. The van der Waals surface area contributed by atoms with Crippen molar-refractivity contribution >= 4 is 23.5 Å². The van der Waals surface area contributed by atoms with Crippen LogP contribution in [0.1, 0.15) is 44.0 Å². The molecule has 1 unspecified atom stereocenters. The van der Waals surface area contributed by atoms with Gasteiger partial charge in [0.2, 0.25) is 0 Å². The summed E-state index contributed by atoms with van der Waals surface area (Å²) in [6, 6.07) is 13.5. The van der Waals surface area contributed by atoms with Crippen molar-refractivity contribution in [2.75, 3.05) is 25.1 Å². The SMILES string of the molecule is CCCCOc1ccc(C(=O)NCC(=O)OC(C)C(=O)Nc2ccc(OCC)cc2)cc1. The maximum absolute atomic E-state index is 12.2. The number of ether oxygens (including phenoxy) is 3. The lowest BCUT2D eigenvalue weighted by atomic mass is 10.2. The molecule has 2 amide bonds. The molecule has 2 aromatic carbocycles. The van der Waals surface area contributed by atoms with Gasteiger partial charge in [0.1, 0.15) is 18.0 Å². The van der Waals surface area contributed by atoms with Crippen LogP contribution < -0.4 is 20.1 Å². The average Bonchev–Trinajstić information content (AvgIpc) is 2.79. The second-order valence-corrected chi connectivity index (χ2v) is 6.99. The number of hydrogen-bond acceptors (Lipinski definition) is 6. The van der Waals surface area contributed by atoms with Gasteiger partial charge in [0, 0.05) is 11.3 Å². The van der Waals surface area contributed by atoms with E-state index < -0.39 is 23.9 Å². The average molecular weight is 443 g/mol. The third-order valence-electron chi connectivity index (χ3n) is 4.39. The lowest BCUT2D eigenvalue weighted by molar-refractivity contribution is -0.152. The quantitative estimate of drug-likeness (QED) is 0.385. The van der Waals surface area contributed by atoms with Crippen LogP contribution in [0.2, 0.25) is 0 Å². The molecule has 1 atom stereocenters. The van der Waals surface area contributed by atoms with Crippen LogP contribution in [0.4, 0.5) is 5.69 Å². The zero-order chi connectivity index (χ0) is 23.3. The predicted molar refractivity (Wildman–Crippen MR) is 121 cm³/mol. The van der Waals surface area contributed by atoms with E-state index in [0.717, 1.165) is 12.8 Å². The minimum absolute atomic E-state index is 0.353. The van der Waals surface area contributed by atoms with Crippen molar-refractivity contribution in [1.82, 2.24) is 5.32 Å². The third-order valence-corrected chi connectivity index (χ3v) is 4.39. The molecule has 2 rings (SSSR count). The first-order valence-corrected chi connectivity index (χ1v) is 10.7. The van der Waals surface area contributed by atoms with Crippen LogP contribution in [0.3, 0.4) is 0 Å². The van der Waals surface area contributed by atoms with Crippen molar-refractivity contribution in [3.05, 3.63) is 54.1 Å². The number of unbranched alkanes of at least 4 members (excludes halogenated alkanes) is 1. The third kappa shape index (κ3) is 8.29. The molecule has 0 heterocycles. The summed E-state index contributed by atoms with van der Waals surface area (Å²) in [6.45, 7) is 6.24. The summed E-state index contributed by atoms with van der Waals surface area (Å²) in [5.41, 5.74) is 0.943. The van der Waals surface area contributed by atoms with Crippen molar-refractivity contribution in [2.24, 2.45) is 0 Å². The molecular weight excluding hydrogens is 412 g/mol. The summed E-state index contributed by atoms with van der Waals surface area (Å²) in [6.07, 6.45) is 0.977. The monoisotopic (exact) mass is 442 g/mol. The van der Waals surface area contributed by atoms with Crippen molar-refractivity contribution in [3.8, 4) is 11.5 Å². The Bertz CT molecular complexity index is 880. The Morgan fingerprint density at radius 2 is 1.53 bits per heavy atom. The molecule has 32 heavy (non-hydrogen) atoms. The topological polar surface area (TPSA) is 103 Å². The van der Waals surface area contributed by atoms with Crippen LogP contribution in [-0.4, -0.2) is 43.6 Å². The number of nitrogens with one attached hydrogen (secondary N) is 2. The summed E-state index contributed by atoms with van der Waals surface area (Å²) in [5, 5.41) is 5.14.